The van der Waals surface area contributed by atoms with Crippen LogP contribution in [0.3, 0.4) is 0 Å². The number of aliphatic hydroxyl groups is 1. The first-order chi connectivity index (χ1) is 7.24. The van der Waals surface area contributed by atoms with Gasteiger partial charge in [0.1, 0.15) is 5.82 Å². The quantitative estimate of drug-likeness (QED) is 0.829. The number of benzene rings is 1. The largest absolute Gasteiger partial charge is 0.394 e. The Morgan fingerprint density at radius 3 is 2.67 bits per heavy atom. The number of hydrogen-bond acceptors (Lipinski definition) is 3. The maximum atomic E-state index is 12.7. The summed E-state index contributed by atoms with van der Waals surface area (Å²) in [4.78, 5) is 0. The standard InChI is InChI=1S/C11H14FNOS/c12-9-1-3-10(4-2-9)13-11(7-14)5-6-15-8-11/h1-4,13-14H,5-8H2. The molecule has 1 fully saturated rings. The second kappa shape index (κ2) is 4.41. The van der Waals surface area contributed by atoms with Crippen molar-refractivity contribution in [2.75, 3.05) is 23.4 Å². The predicted molar refractivity (Wildman–Crippen MR) is 61.8 cm³/mol. The lowest BCUT2D eigenvalue weighted by Crippen LogP contribution is -2.42. The summed E-state index contributed by atoms with van der Waals surface area (Å²) in [6.45, 7) is 0.122. The molecule has 2 N–H and O–H groups in total. The Bertz CT molecular complexity index is 322. The van der Waals surface area contributed by atoms with Crippen molar-refractivity contribution in [3.8, 4) is 0 Å². The van der Waals surface area contributed by atoms with Gasteiger partial charge in [-0.05, 0) is 36.4 Å². The van der Waals surface area contributed by atoms with E-state index in [-0.39, 0.29) is 18.0 Å². The molecule has 82 valence electrons. The van der Waals surface area contributed by atoms with Gasteiger partial charge in [0.25, 0.3) is 0 Å². The van der Waals surface area contributed by atoms with Gasteiger partial charge in [0.2, 0.25) is 0 Å². The van der Waals surface area contributed by atoms with Crippen LogP contribution in [-0.4, -0.2) is 28.8 Å². The Hall–Kier alpha value is -0.740. The van der Waals surface area contributed by atoms with Crippen molar-refractivity contribution in [3.05, 3.63) is 30.1 Å². The van der Waals surface area contributed by atoms with Gasteiger partial charge in [-0.3, -0.25) is 0 Å². The van der Waals surface area contributed by atoms with Crippen LogP contribution in [0, 0.1) is 5.82 Å². The summed E-state index contributed by atoms with van der Waals surface area (Å²) in [6, 6.07) is 6.26. The van der Waals surface area contributed by atoms with E-state index < -0.39 is 0 Å². The van der Waals surface area contributed by atoms with E-state index in [9.17, 15) is 9.50 Å². The molecule has 1 aromatic rings. The van der Waals surface area contributed by atoms with Gasteiger partial charge < -0.3 is 10.4 Å². The van der Waals surface area contributed by atoms with Crippen LogP contribution in [0.1, 0.15) is 6.42 Å². The van der Waals surface area contributed by atoms with Gasteiger partial charge in [0.05, 0.1) is 12.1 Å². The zero-order chi connectivity index (χ0) is 10.7. The molecular weight excluding hydrogens is 213 g/mol. The second-order valence-electron chi connectivity index (χ2n) is 3.87. The van der Waals surface area contributed by atoms with Gasteiger partial charge in [-0.2, -0.15) is 11.8 Å². The minimum Gasteiger partial charge on any atom is -0.394 e. The molecule has 1 atom stereocenters. The monoisotopic (exact) mass is 227 g/mol. The van der Waals surface area contributed by atoms with E-state index in [0.29, 0.717) is 0 Å². The number of halogens is 1. The van der Waals surface area contributed by atoms with E-state index >= 15 is 0 Å². The van der Waals surface area contributed by atoms with Crippen molar-refractivity contribution >= 4 is 17.4 Å². The summed E-state index contributed by atoms with van der Waals surface area (Å²) in [6.07, 6.45) is 0.950. The molecule has 2 nitrogen and oxygen atoms in total. The summed E-state index contributed by atoms with van der Waals surface area (Å²) in [5.74, 6) is 1.73. The van der Waals surface area contributed by atoms with E-state index in [4.69, 9.17) is 0 Å². The topological polar surface area (TPSA) is 32.3 Å². The molecule has 1 saturated heterocycles. The smallest absolute Gasteiger partial charge is 0.123 e. The highest BCUT2D eigenvalue weighted by atomic mass is 32.2. The van der Waals surface area contributed by atoms with Crippen LogP contribution in [-0.2, 0) is 0 Å². The van der Waals surface area contributed by atoms with Gasteiger partial charge >= 0.3 is 0 Å². The third kappa shape index (κ3) is 2.44. The Morgan fingerprint density at radius 2 is 2.13 bits per heavy atom. The van der Waals surface area contributed by atoms with Crippen molar-refractivity contribution in [3.63, 3.8) is 0 Å². The second-order valence-corrected chi connectivity index (χ2v) is 4.98. The highest BCUT2D eigenvalue weighted by molar-refractivity contribution is 7.99. The van der Waals surface area contributed by atoms with Gasteiger partial charge in [-0.1, -0.05) is 0 Å². The average Bonchev–Trinajstić information content (AvgIpc) is 2.71. The predicted octanol–water partition coefficient (Wildman–Crippen LogP) is 2.11. The van der Waals surface area contributed by atoms with E-state index in [1.54, 1.807) is 12.1 Å². The van der Waals surface area contributed by atoms with Crippen molar-refractivity contribution < 1.29 is 9.50 Å². The number of nitrogens with one attached hydrogen (secondary N) is 1. The summed E-state index contributed by atoms with van der Waals surface area (Å²) in [5, 5.41) is 12.7. The first-order valence-corrected chi connectivity index (χ1v) is 6.12. The molecule has 0 bridgehead atoms. The van der Waals surface area contributed by atoms with Crippen LogP contribution >= 0.6 is 11.8 Å². The average molecular weight is 227 g/mol. The molecule has 0 aromatic heterocycles. The first kappa shape index (κ1) is 10.8. The first-order valence-electron chi connectivity index (χ1n) is 4.96. The van der Waals surface area contributed by atoms with Crippen LogP contribution in [0.15, 0.2) is 24.3 Å². The SMILES string of the molecule is OCC1(Nc2ccc(F)cc2)CCSC1. The summed E-state index contributed by atoms with van der Waals surface area (Å²) in [5.41, 5.74) is 0.649. The molecule has 1 aliphatic heterocycles. The van der Waals surface area contributed by atoms with Crippen molar-refractivity contribution in [2.24, 2.45) is 0 Å². The molecule has 0 aliphatic carbocycles. The molecule has 0 spiro atoms. The number of anilines is 1. The van der Waals surface area contributed by atoms with Gasteiger partial charge in [-0.15, -0.1) is 0 Å². The number of rotatable bonds is 3. The number of thioether (sulfide) groups is 1. The van der Waals surface area contributed by atoms with E-state index in [1.807, 2.05) is 11.8 Å². The lowest BCUT2D eigenvalue weighted by atomic mass is 10.00. The summed E-state index contributed by atoms with van der Waals surface area (Å²) < 4.78 is 12.7. The van der Waals surface area contributed by atoms with E-state index in [2.05, 4.69) is 5.32 Å². The summed E-state index contributed by atoms with van der Waals surface area (Å²) >= 11 is 1.83. The highest BCUT2D eigenvalue weighted by Gasteiger charge is 2.33. The zero-order valence-corrected chi connectivity index (χ0v) is 9.19. The number of hydrogen-bond donors (Lipinski definition) is 2. The molecule has 4 heteroatoms. The maximum Gasteiger partial charge on any atom is 0.123 e. The van der Waals surface area contributed by atoms with Gasteiger partial charge in [-0.25, -0.2) is 4.39 Å². The Morgan fingerprint density at radius 1 is 1.40 bits per heavy atom. The fourth-order valence-electron chi connectivity index (χ4n) is 1.71. The minimum absolute atomic E-state index is 0.122. The molecule has 0 amide bonds. The molecule has 0 radical (unpaired) electrons. The van der Waals surface area contributed by atoms with Crippen molar-refractivity contribution in [1.82, 2.24) is 0 Å². The minimum atomic E-state index is -0.237. The van der Waals surface area contributed by atoms with Gasteiger partial charge in [0, 0.05) is 11.4 Å². The van der Waals surface area contributed by atoms with Gasteiger partial charge in [0.15, 0.2) is 0 Å². The summed E-state index contributed by atoms with van der Waals surface area (Å²) in [7, 11) is 0. The lowest BCUT2D eigenvalue weighted by molar-refractivity contribution is 0.226. The number of aliphatic hydroxyl groups excluding tert-OH is 1. The Balaban J connectivity index is 2.09. The van der Waals surface area contributed by atoms with Crippen LogP contribution in [0.25, 0.3) is 0 Å². The van der Waals surface area contributed by atoms with Crippen LogP contribution in [0.4, 0.5) is 10.1 Å². The third-order valence-electron chi connectivity index (χ3n) is 2.66. The molecule has 2 rings (SSSR count). The Labute approximate surface area is 92.9 Å². The molecule has 1 aromatic carbocycles. The zero-order valence-electron chi connectivity index (χ0n) is 8.37. The normalized spacial score (nSPS) is 25.5. The molecule has 15 heavy (non-hydrogen) atoms. The van der Waals surface area contributed by atoms with Crippen LogP contribution in [0.5, 0.6) is 0 Å². The fourth-order valence-corrected chi connectivity index (χ4v) is 3.09. The van der Waals surface area contributed by atoms with E-state index in [1.165, 1.54) is 12.1 Å². The van der Waals surface area contributed by atoms with E-state index in [0.717, 1.165) is 23.6 Å². The third-order valence-corrected chi connectivity index (χ3v) is 3.91. The molecule has 1 unspecified atom stereocenters. The molecule has 1 heterocycles. The van der Waals surface area contributed by atoms with Crippen molar-refractivity contribution in [2.45, 2.75) is 12.0 Å². The molecule has 0 saturated carbocycles. The van der Waals surface area contributed by atoms with Crippen LogP contribution in [0.2, 0.25) is 0 Å². The lowest BCUT2D eigenvalue weighted by Gasteiger charge is -2.28. The molecule has 1 aliphatic rings. The Kier molecular flexibility index (Phi) is 3.17. The maximum absolute atomic E-state index is 12.7. The fraction of sp³-hybridized carbons (Fsp3) is 0.455. The highest BCUT2D eigenvalue weighted by Crippen LogP contribution is 2.31. The van der Waals surface area contributed by atoms with Crippen LogP contribution < -0.4 is 5.32 Å². The molecular formula is C11H14FNOS. The van der Waals surface area contributed by atoms with Crippen molar-refractivity contribution in [1.29, 1.82) is 0 Å².